The summed E-state index contributed by atoms with van der Waals surface area (Å²) in [5.41, 5.74) is 2.66. The van der Waals surface area contributed by atoms with Crippen molar-refractivity contribution in [1.29, 1.82) is 0 Å². The average molecular weight is 417 g/mol. The minimum absolute atomic E-state index is 0.262. The first kappa shape index (κ1) is 23.6. The molecule has 0 spiro atoms. The van der Waals surface area contributed by atoms with E-state index in [1.54, 1.807) is 0 Å². The van der Waals surface area contributed by atoms with Crippen LogP contribution in [0.15, 0.2) is 35.9 Å². The second-order valence-electron chi connectivity index (χ2n) is 7.95. The second-order valence-corrected chi connectivity index (χ2v) is 7.95. The number of nitrogens with zero attached hydrogens (tertiary/aromatic N) is 2. The first-order chi connectivity index (χ1) is 14.4. The lowest BCUT2D eigenvalue weighted by Gasteiger charge is -2.35. The number of carbonyl (C=O) groups excluding carboxylic acids is 1. The predicted molar refractivity (Wildman–Crippen MR) is 115 cm³/mol. The van der Waals surface area contributed by atoms with Crippen LogP contribution >= 0.6 is 0 Å². The van der Waals surface area contributed by atoms with E-state index < -0.39 is 11.9 Å². The zero-order chi connectivity index (χ0) is 21.9. The van der Waals surface area contributed by atoms with E-state index in [1.165, 1.54) is 30.4 Å². The molecular formula is C23H32N2O5. The summed E-state index contributed by atoms with van der Waals surface area (Å²) >= 11 is 0. The smallest absolute Gasteiger partial charge is 0.414 e. The first-order valence-corrected chi connectivity index (χ1v) is 10.6. The Labute approximate surface area is 178 Å². The Morgan fingerprint density at radius 1 is 0.933 bits per heavy atom. The topological polar surface area (TPSA) is 98.2 Å². The van der Waals surface area contributed by atoms with Gasteiger partial charge < -0.3 is 15.1 Å². The molecule has 0 unspecified atom stereocenters. The van der Waals surface area contributed by atoms with Crippen molar-refractivity contribution >= 4 is 23.9 Å². The molecule has 30 heavy (non-hydrogen) atoms. The minimum Gasteiger partial charge on any atom is -0.473 e. The van der Waals surface area contributed by atoms with E-state index in [4.69, 9.17) is 19.8 Å². The van der Waals surface area contributed by atoms with Gasteiger partial charge in [-0.3, -0.25) is 9.69 Å². The van der Waals surface area contributed by atoms with Crippen LogP contribution in [0.5, 0.6) is 0 Å². The van der Waals surface area contributed by atoms with Gasteiger partial charge in [-0.1, -0.05) is 42.0 Å². The molecule has 1 amide bonds. The lowest BCUT2D eigenvalue weighted by Crippen LogP contribution is -2.44. The van der Waals surface area contributed by atoms with Crippen LogP contribution in [-0.2, 0) is 14.4 Å². The fraction of sp³-hybridized carbons (Fsp3) is 0.522. The normalized spacial score (nSPS) is 18.3. The number of carboxylic acids is 2. The van der Waals surface area contributed by atoms with Gasteiger partial charge in [0.2, 0.25) is 5.91 Å². The molecule has 2 aliphatic rings. The molecule has 2 N–H and O–H groups in total. The summed E-state index contributed by atoms with van der Waals surface area (Å²) in [5, 5.41) is 14.8. The Kier molecular flexibility index (Phi) is 9.54. The van der Waals surface area contributed by atoms with Gasteiger partial charge in [-0.15, -0.1) is 0 Å². The highest BCUT2D eigenvalue weighted by molar-refractivity contribution is 6.27. The number of carbonyl (C=O) groups is 3. The van der Waals surface area contributed by atoms with Crippen LogP contribution in [0.4, 0.5) is 0 Å². The summed E-state index contributed by atoms with van der Waals surface area (Å²) in [6.07, 6.45) is 7.98. The lowest BCUT2D eigenvalue weighted by molar-refractivity contribution is -0.159. The highest BCUT2D eigenvalue weighted by Gasteiger charge is 2.29. The number of piperidine rings is 2. The molecule has 0 bridgehead atoms. The molecule has 7 heteroatoms. The zero-order valence-electron chi connectivity index (χ0n) is 17.6. The quantitative estimate of drug-likeness (QED) is 0.733. The van der Waals surface area contributed by atoms with Crippen molar-refractivity contribution in [3.63, 3.8) is 0 Å². The van der Waals surface area contributed by atoms with E-state index in [0.29, 0.717) is 5.91 Å². The summed E-state index contributed by atoms with van der Waals surface area (Å²) in [6, 6.07) is 10.5. The Hall–Kier alpha value is -2.67. The van der Waals surface area contributed by atoms with Crippen molar-refractivity contribution < 1.29 is 24.6 Å². The molecule has 1 aromatic rings. The van der Waals surface area contributed by atoms with E-state index in [0.717, 1.165) is 45.6 Å². The summed E-state index contributed by atoms with van der Waals surface area (Å²) in [4.78, 5) is 35.4. The molecule has 0 aliphatic carbocycles. The second kappa shape index (κ2) is 12.1. The molecule has 1 aromatic carbocycles. The number of carboxylic acid groups (broad SMARTS) is 2. The maximum atomic E-state index is 12.6. The van der Waals surface area contributed by atoms with Gasteiger partial charge in [0.25, 0.3) is 0 Å². The summed E-state index contributed by atoms with van der Waals surface area (Å²) in [7, 11) is 0. The predicted octanol–water partition coefficient (Wildman–Crippen LogP) is 2.97. The molecule has 2 aliphatic heterocycles. The number of hydrogen-bond acceptors (Lipinski definition) is 4. The third kappa shape index (κ3) is 7.99. The van der Waals surface area contributed by atoms with Crippen LogP contribution in [0.1, 0.15) is 44.6 Å². The van der Waals surface area contributed by atoms with Gasteiger partial charge in [0, 0.05) is 25.6 Å². The molecule has 164 valence electrons. The number of hydrogen-bond donors (Lipinski definition) is 2. The van der Waals surface area contributed by atoms with Gasteiger partial charge >= 0.3 is 11.9 Å². The van der Waals surface area contributed by atoms with Gasteiger partial charge in [0.1, 0.15) is 0 Å². The standard InChI is InChI=1S/C21H30N2O.C2H2O4/c1-18(16-19-8-4-2-5-9-19)17-22-14-10-20(11-15-22)21(24)23-12-6-3-7-13-23;3-1(4)2(5)6/h2,4-5,8-9,16,20H,3,6-7,10-15,17H2,1H3;(H,3,4)(H,5,6). The molecule has 0 saturated carbocycles. The van der Waals surface area contributed by atoms with E-state index in [2.05, 4.69) is 53.1 Å². The summed E-state index contributed by atoms with van der Waals surface area (Å²) in [6.45, 7) is 7.28. The number of aliphatic carboxylic acids is 2. The third-order valence-corrected chi connectivity index (χ3v) is 5.47. The Balaban J connectivity index is 0.000000469. The van der Waals surface area contributed by atoms with Crippen molar-refractivity contribution in [1.82, 2.24) is 9.80 Å². The van der Waals surface area contributed by atoms with Crippen molar-refractivity contribution in [2.75, 3.05) is 32.7 Å². The van der Waals surface area contributed by atoms with Crippen molar-refractivity contribution in [2.45, 2.75) is 39.0 Å². The molecule has 2 heterocycles. The lowest BCUT2D eigenvalue weighted by atomic mass is 9.94. The molecule has 2 fully saturated rings. The number of benzene rings is 1. The Bertz CT molecular complexity index is 721. The highest BCUT2D eigenvalue weighted by Crippen LogP contribution is 2.22. The monoisotopic (exact) mass is 416 g/mol. The van der Waals surface area contributed by atoms with Crippen LogP contribution in [-0.4, -0.2) is 70.6 Å². The van der Waals surface area contributed by atoms with Crippen LogP contribution in [0.25, 0.3) is 6.08 Å². The number of rotatable bonds is 4. The third-order valence-electron chi connectivity index (χ3n) is 5.47. The summed E-state index contributed by atoms with van der Waals surface area (Å²) in [5.74, 6) is -2.96. The maximum Gasteiger partial charge on any atom is 0.414 e. The van der Waals surface area contributed by atoms with E-state index >= 15 is 0 Å². The van der Waals surface area contributed by atoms with Crippen LogP contribution in [0, 0.1) is 5.92 Å². The molecular weight excluding hydrogens is 384 g/mol. The van der Waals surface area contributed by atoms with Crippen LogP contribution in [0.3, 0.4) is 0 Å². The minimum atomic E-state index is -1.82. The van der Waals surface area contributed by atoms with Crippen molar-refractivity contribution in [3.05, 3.63) is 41.5 Å². The van der Waals surface area contributed by atoms with Crippen molar-refractivity contribution in [2.24, 2.45) is 5.92 Å². The van der Waals surface area contributed by atoms with E-state index in [-0.39, 0.29) is 5.92 Å². The molecule has 0 radical (unpaired) electrons. The molecule has 3 rings (SSSR count). The maximum absolute atomic E-state index is 12.6. The Morgan fingerprint density at radius 2 is 1.50 bits per heavy atom. The van der Waals surface area contributed by atoms with Gasteiger partial charge in [-0.05, 0) is 57.7 Å². The van der Waals surface area contributed by atoms with Gasteiger partial charge in [0.05, 0.1) is 0 Å². The number of amides is 1. The molecule has 0 atom stereocenters. The van der Waals surface area contributed by atoms with Gasteiger partial charge in [-0.25, -0.2) is 9.59 Å². The van der Waals surface area contributed by atoms with Gasteiger partial charge in [0.15, 0.2) is 0 Å². The highest BCUT2D eigenvalue weighted by atomic mass is 16.4. The van der Waals surface area contributed by atoms with Crippen LogP contribution in [0.2, 0.25) is 0 Å². The Morgan fingerprint density at radius 3 is 2.03 bits per heavy atom. The van der Waals surface area contributed by atoms with Crippen molar-refractivity contribution in [3.8, 4) is 0 Å². The molecule has 2 saturated heterocycles. The average Bonchev–Trinajstić information content (AvgIpc) is 2.75. The molecule has 7 nitrogen and oxygen atoms in total. The zero-order valence-corrected chi connectivity index (χ0v) is 17.6. The largest absolute Gasteiger partial charge is 0.473 e. The van der Waals surface area contributed by atoms with E-state index in [9.17, 15) is 4.79 Å². The van der Waals surface area contributed by atoms with E-state index in [1.807, 2.05) is 0 Å². The fourth-order valence-electron chi connectivity index (χ4n) is 3.94. The fourth-order valence-corrected chi connectivity index (χ4v) is 3.94. The van der Waals surface area contributed by atoms with Gasteiger partial charge in [-0.2, -0.15) is 0 Å². The summed E-state index contributed by atoms with van der Waals surface area (Å²) < 4.78 is 0. The molecule has 0 aromatic heterocycles. The first-order valence-electron chi connectivity index (χ1n) is 10.6. The SMILES string of the molecule is CC(=Cc1ccccc1)CN1CCC(C(=O)N2CCCCC2)CC1.O=C(O)C(=O)O. The van der Waals surface area contributed by atoms with Crippen LogP contribution < -0.4 is 0 Å². The number of likely N-dealkylation sites (tertiary alicyclic amines) is 2.